The lowest BCUT2D eigenvalue weighted by Crippen LogP contribution is -2.44. The second-order valence-corrected chi connectivity index (χ2v) is 3.45. The van der Waals surface area contributed by atoms with Crippen LogP contribution in [0.5, 0.6) is 0 Å². The van der Waals surface area contributed by atoms with Crippen LogP contribution in [-0.4, -0.2) is 52.8 Å². The fraction of sp³-hybridized carbons (Fsp3) is 0.857. The highest BCUT2D eigenvalue weighted by molar-refractivity contribution is 5.69. The molecular formula is C7H11FN2O2. The summed E-state index contributed by atoms with van der Waals surface area (Å²) in [7, 11) is 0. The molecule has 2 heterocycles. The van der Waals surface area contributed by atoms with Crippen LogP contribution in [0.15, 0.2) is 0 Å². The summed E-state index contributed by atoms with van der Waals surface area (Å²) in [4.78, 5) is 12.2. The summed E-state index contributed by atoms with van der Waals surface area (Å²) in [5.41, 5.74) is 0. The number of nitrogens with zero attached hydrogens (tertiary/aromatic N) is 2. The fourth-order valence-electron chi connectivity index (χ4n) is 2.07. The topological polar surface area (TPSA) is 43.8 Å². The Morgan fingerprint density at radius 1 is 1.50 bits per heavy atom. The summed E-state index contributed by atoms with van der Waals surface area (Å²) in [6, 6.07) is 0.0606. The molecule has 0 aromatic heterocycles. The number of rotatable bonds is 2. The monoisotopic (exact) mass is 174 g/mol. The Hall–Kier alpha value is -0.680. The number of carboxylic acid groups (broad SMARTS) is 1. The van der Waals surface area contributed by atoms with E-state index >= 15 is 0 Å². The highest BCUT2D eigenvalue weighted by Crippen LogP contribution is 2.30. The molecule has 2 rings (SSSR count). The van der Waals surface area contributed by atoms with Crippen molar-refractivity contribution in [1.82, 2.24) is 10.0 Å². The Morgan fingerprint density at radius 2 is 2.25 bits per heavy atom. The van der Waals surface area contributed by atoms with Gasteiger partial charge in [-0.1, -0.05) is 0 Å². The maximum absolute atomic E-state index is 12.8. The predicted molar refractivity (Wildman–Crippen MR) is 39.2 cm³/mol. The van der Waals surface area contributed by atoms with E-state index < -0.39 is 5.97 Å². The smallest absolute Gasteiger partial charge is 0.317 e. The molecule has 2 fully saturated rings. The molecule has 0 aliphatic carbocycles. The lowest BCUT2D eigenvalue weighted by Gasteiger charge is -2.27. The summed E-state index contributed by atoms with van der Waals surface area (Å²) in [5, 5.41) is 9.34. The highest BCUT2D eigenvalue weighted by atomic mass is 19.2. The van der Waals surface area contributed by atoms with Crippen LogP contribution < -0.4 is 0 Å². The van der Waals surface area contributed by atoms with E-state index in [0.29, 0.717) is 13.1 Å². The molecule has 2 saturated heterocycles. The van der Waals surface area contributed by atoms with Gasteiger partial charge in [0, 0.05) is 19.1 Å². The van der Waals surface area contributed by atoms with Crippen LogP contribution in [0.3, 0.4) is 0 Å². The van der Waals surface area contributed by atoms with Crippen LogP contribution in [0.4, 0.5) is 4.48 Å². The zero-order valence-electron chi connectivity index (χ0n) is 6.61. The van der Waals surface area contributed by atoms with Gasteiger partial charge in [-0.2, -0.15) is 0 Å². The number of aliphatic carboxylic acids is 1. The molecule has 2 aliphatic rings. The normalized spacial score (nSPS) is 36.1. The lowest BCUT2D eigenvalue weighted by atomic mass is 10.2. The van der Waals surface area contributed by atoms with E-state index in [0.717, 1.165) is 11.5 Å². The first-order valence-electron chi connectivity index (χ1n) is 4.05. The minimum absolute atomic E-state index is 0.0506. The molecule has 2 atom stereocenters. The first-order valence-corrected chi connectivity index (χ1v) is 4.05. The number of carboxylic acids is 1. The molecule has 0 aromatic rings. The van der Waals surface area contributed by atoms with Gasteiger partial charge in [0.05, 0.1) is 12.6 Å². The van der Waals surface area contributed by atoms with Crippen molar-refractivity contribution in [3.8, 4) is 0 Å². The number of hydrogen-bond donors (Lipinski definition) is 1. The number of piperazine rings is 1. The van der Waals surface area contributed by atoms with Crippen LogP contribution in [0, 0.1) is 0 Å². The van der Waals surface area contributed by atoms with Gasteiger partial charge in [0.15, 0.2) is 0 Å². The number of halogens is 1. The second-order valence-electron chi connectivity index (χ2n) is 3.45. The Bertz CT molecular complexity index is 210. The van der Waals surface area contributed by atoms with Gasteiger partial charge in [0.25, 0.3) is 0 Å². The Morgan fingerprint density at radius 3 is 2.67 bits per heavy atom. The Balaban J connectivity index is 1.94. The minimum Gasteiger partial charge on any atom is -0.480 e. The molecule has 4 nitrogen and oxygen atoms in total. The SMILES string of the molecule is O=C(O)CN1CC2CC1CN2F. The molecule has 2 aliphatic heterocycles. The molecule has 0 amide bonds. The van der Waals surface area contributed by atoms with Gasteiger partial charge in [0.2, 0.25) is 0 Å². The molecule has 12 heavy (non-hydrogen) atoms. The molecular weight excluding hydrogens is 163 g/mol. The molecule has 0 aromatic carbocycles. The standard InChI is InChI=1S/C7H11FN2O2/c8-10-3-5-1-6(10)2-9(5)4-7(11)12/h5-6H,1-4H2,(H,11,12). The van der Waals surface area contributed by atoms with Crippen LogP contribution in [0.25, 0.3) is 0 Å². The zero-order chi connectivity index (χ0) is 8.72. The summed E-state index contributed by atoms with van der Waals surface area (Å²) in [5.74, 6) is -0.826. The molecule has 0 saturated carbocycles. The Labute approximate surface area is 69.5 Å². The Kier molecular flexibility index (Phi) is 1.77. The molecule has 5 heteroatoms. The number of carbonyl (C=O) groups is 1. The maximum Gasteiger partial charge on any atom is 0.317 e. The largest absolute Gasteiger partial charge is 0.480 e. The number of hydrogen-bond acceptors (Lipinski definition) is 3. The van der Waals surface area contributed by atoms with E-state index in [2.05, 4.69) is 0 Å². The average molecular weight is 174 g/mol. The third-order valence-electron chi connectivity index (χ3n) is 2.63. The zero-order valence-corrected chi connectivity index (χ0v) is 6.61. The molecule has 2 unspecified atom stereocenters. The van der Waals surface area contributed by atoms with Crippen LogP contribution in [0.1, 0.15) is 6.42 Å². The first kappa shape index (κ1) is 7.94. The third-order valence-corrected chi connectivity index (χ3v) is 2.63. The fourth-order valence-corrected chi connectivity index (χ4v) is 2.07. The van der Waals surface area contributed by atoms with Crippen molar-refractivity contribution in [2.24, 2.45) is 0 Å². The van der Waals surface area contributed by atoms with E-state index in [1.54, 1.807) is 0 Å². The summed E-state index contributed by atoms with van der Waals surface area (Å²) >= 11 is 0. The van der Waals surface area contributed by atoms with Gasteiger partial charge in [-0.25, -0.2) is 0 Å². The van der Waals surface area contributed by atoms with Crippen LogP contribution in [0.2, 0.25) is 0 Å². The van der Waals surface area contributed by atoms with Gasteiger partial charge >= 0.3 is 5.97 Å². The predicted octanol–water partition coefficient (Wildman–Crippen LogP) is -0.286. The van der Waals surface area contributed by atoms with Gasteiger partial charge in [0.1, 0.15) is 0 Å². The van der Waals surface area contributed by atoms with E-state index in [9.17, 15) is 9.28 Å². The van der Waals surface area contributed by atoms with Crippen molar-refractivity contribution in [3.63, 3.8) is 0 Å². The van der Waals surface area contributed by atoms with Gasteiger partial charge < -0.3 is 5.11 Å². The second kappa shape index (κ2) is 2.67. The van der Waals surface area contributed by atoms with Crippen molar-refractivity contribution in [1.29, 1.82) is 0 Å². The lowest BCUT2D eigenvalue weighted by molar-refractivity contribution is -0.139. The van der Waals surface area contributed by atoms with Gasteiger partial charge in [-0.3, -0.25) is 9.69 Å². The summed E-state index contributed by atoms with van der Waals surface area (Å²) in [6.07, 6.45) is 0.782. The van der Waals surface area contributed by atoms with Gasteiger partial charge in [-0.15, -0.1) is 9.60 Å². The quantitative estimate of drug-likeness (QED) is 0.584. The van der Waals surface area contributed by atoms with Crippen LogP contribution >= 0.6 is 0 Å². The van der Waals surface area contributed by atoms with Crippen molar-refractivity contribution < 1.29 is 14.4 Å². The summed E-state index contributed by atoms with van der Waals surface area (Å²) < 4.78 is 12.8. The van der Waals surface area contributed by atoms with Gasteiger partial charge in [-0.05, 0) is 6.42 Å². The first-order chi connectivity index (χ1) is 5.66. The van der Waals surface area contributed by atoms with Crippen molar-refractivity contribution in [2.75, 3.05) is 19.6 Å². The minimum atomic E-state index is -0.826. The number of fused-ring (bicyclic) bond motifs is 2. The third kappa shape index (κ3) is 1.19. The highest BCUT2D eigenvalue weighted by Gasteiger charge is 2.44. The van der Waals surface area contributed by atoms with Crippen molar-refractivity contribution in [2.45, 2.75) is 18.5 Å². The van der Waals surface area contributed by atoms with E-state index in [1.807, 2.05) is 4.90 Å². The van der Waals surface area contributed by atoms with Crippen LogP contribution in [-0.2, 0) is 4.79 Å². The van der Waals surface area contributed by atoms with E-state index in [1.165, 1.54) is 0 Å². The van der Waals surface area contributed by atoms with E-state index in [4.69, 9.17) is 5.11 Å². The average Bonchev–Trinajstić information content (AvgIpc) is 2.44. The van der Waals surface area contributed by atoms with Crippen molar-refractivity contribution >= 4 is 5.97 Å². The maximum atomic E-state index is 12.8. The van der Waals surface area contributed by atoms with E-state index in [-0.39, 0.29) is 18.6 Å². The molecule has 0 spiro atoms. The van der Waals surface area contributed by atoms with Crippen molar-refractivity contribution in [3.05, 3.63) is 0 Å². The molecule has 0 radical (unpaired) electrons. The molecule has 2 bridgehead atoms. The number of likely N-dealkylation sites (tertiary alicyclic amines) is 1. The molecule has 68 valence electrons. The summed E-state index contributed by atoms with van der Waals surface area (Å²) in [6.45, 7) is 0.987. The molecule has 1 N–H and O–H groups in total.